The molecule has 0 spiro atoms. The minimum absolute atomic E-state index is 0.466. The molecule has 1 saturated carbocycles. The molecule has 0 radical (unpaired) electrons. The molecular weight excluding hydrogens is 266 g/mol. The molecular formula is C18H28ClN. The Kier molecular flexibility index (Phi) is 6.38. The molecule has 112 valence electrons. The van der Waals surface area contributed by atoms with Crippen LogP contribution in [-0.4, -0.2) is 6.54 Å². The molecule has 2 rings (SSSR count). The lowest BCUT2D eigenvalue weighted by molar-refractivity contribution is 0.264. The Bertz CT molecular complexity index is 387. The summed E-state index contributed by atoms with van der Waals surface area (Å²) in [5.74, 6) is 1.88. The summed E-state index contributed by atoms with van der Waals surface area (Å²) in [5, 5.41) is 4.54. The fourth-order valence-electron chi connectivity index (χ4n) is 3.48. The van der Waals surface area contributed by atoms with Gasteiger partial charge in [0, 0.05) is 11.1 Å². The minimum atomic E-state index is 0.466. The summed E-state index contributed by atoms with van der Waals surface area (Å²) in [7, 11) is 0. The van der Waals surface area contributed by atoms with Crippen molar-refractivity contribution in [1.82, 2.24) is 5.32 Å². The van der Waals surface area contributed by atoms with Crippen LogP contribution in [0.15, 0.2) is 24.3 Å². The zero-order chi connectivity index (χ0) is 14.4. The fourth-order valence-corrected chi connectivity index (χ4v) is 3.60. The van der Waals surface area contributed by atoms with Crippen LogP contribution >= 0.6 is 11.6 Å². The van der Waals surface area contributed by atoms with Gasteiger partial charge in [0.2, 0.25) is 0 Å². The standard InChI is InChI=1S/C18H28ClN/c1-3-18(16-7-9-17(19)10-8-16)20-12-11-15-6-4-5-14(2)13-15/h7-10,14-15,18,20H,3-6,11-13H2,1-2H3. The Balaban J connectivity index is 1.77. The van der Waals surface area contributed by atoms with E-state index in [0.717, 1.165) is 29.8 Å². The highest BCUT2D eigenvalue weighted by atomic mass is 35.5. The SMILES string of the molecule is CCC(NCCC1CCCC(C)C1)c1ccc(Cl)cc1. The molecule has 0 bridgehead atoms. The first-order chi connectivity index (χ1) is 9.69. The topological polar surface area (TPSA) is 12.0 Å². The van der Waals surface area contributed by atoms with Gasteiger partial charge in [-0.15, -0.1) is 0 Å². The van der Waals surface area contributed by atoms with Crippen molar-refractivity contribution in [2.75, 3.05) is 6.54 Å². The summed E-state index contributed by atoms with van der Waals surface area (Å²) < 4.78 is 0. The second-order valence-electron chi connectivity index (χ2n) is 6.39. The Hall–Kier alpha value is -0.530. The van der Waals surface area contributed by atoms with Gasteiger partial charge in [-0.2, -0.15) is 0 Å². The third kappa shape index (κ3) is 4.79. The third-order valence-electron chi connectivity index (χ3n) is 4.67. The lowest BCUT2D eigenvalue weighted by Crippen LogP contribution is -2.25. The number of nitrogens with one attached hydrogen (secondary N) is 1. The first-order valence-electron chi connectivity index (χ1n) is 8.18. The smallest absolute Gasteiger partial charge is 0.0406 e. The maximum absolute atomic E-state index is 5.96. The highest BCUT2D eigenvalue weighted by Crippen LogP contribution is 2.30. The van der Waals surface area contributed by atoms with Gasteiger partial charge < -0.3 is 5.32 Å². The summed E-state index contributed by atoms with van der Waals surface area (Å²) in [5.41, 5.74) is 1.36. The molecule has 3 unspecified atom stereocenters. The monoisotopic (exact) mass is 293 g/mol. The average molecular weight is 294 g/mol. The van der Waals surface area contributed by atoms with E-state index >= 15 is 0 Å². The van der Waals surface area contributed by atoms with Crippen molar-refractivity contribution in [2.45, 2.75) is 58.4 Å². The second kappa shape index (κ2) is 8.05. The molecule has 0 heterocycles. The second-order valence-corrected chi connectivity index (χ2v) is 6.83. The lowest BCUT2D eigenvalue weighted by atomic mass is 9.81. The molecule has 1 aliphatic rings. The van der Waals surface area contributed by atoms with Crippen molar-refractivity contribution in [3.8, 4) is 0 Å². The van der Waals surface area contributed by atoms with Crippen molar-refractivity contribution in [3.05, 3.63) is 34.9 Å². The molecule has 1 aliphatic carbocycles. The van der Waals surface area contributed by atoms with Crippen LogP contribution < -0.4 is 5.32 Å². The van der Waals surface area contributed by atoms with Crippen molar-refractivity contribution in [3.63, 3.8) is 0 Å². The molecule has 0 aliphatic heterocycles. The molecule has 3 atom stereocenters. The van der Waals surface area contributed by atoms with Crippen LogP contribution in [0.5, 0.6) is 0 Å². The molecule has 1 nitrogen and oxygen atoms in total. The molecule has 1 aromatic rings. The van der Waals surface area contributed by atoms with E-state index in [1.165, 1.54) is 37.7 Å². The summed E-state index contributed by atoms with van der Waals surface area (Å²) in [6.45, 7) is 5.79. The van der Waals surface area contributed by atoms with Crippen LogP contribution in [0.25, 0.3) is 0 Å². The number of rotatable bonds is 6. The summed E-state index contributed by atoms with van der Waals surface area (Å²) >= 11 is 5.96. The predicted molar refractivity (Wildman–Crippen MR) is 88.2 cm³/mol. The molecule has 20 heavy (non-hydrogen) atoms. The lowest BCUT2D eigenvalue weighted by Gasteiger charge is -2.27. The first-order valence-corrected chi connectivity index (χ1v) is 8.55. The summed E-state index contributed by atoms with van der Waals surface area (Å²) in [6.07, 6.45) is 8.19. The number of halogens is 1. The van der Waals surface area contributed by atoms with E-state index in [1.54, 1.807) is 0 Å². The van der Waals surface area contributed by atoms with Gasteiger partial charge in [-0.25, -0.2) is 0 Å². The normalized spacial score (nSPS) is 24.6. The van der Waals surface area contributed by atoms with Gasteiger partial charge in [0.1, 0.15) is 0 Å². The predicted octanol–water partition coefficient (Wildman–Crippen LogP) is 5.60. The molecule has 1 N–H and O–H groups in total. The van der Waals surface area contributed by atoms with Crippen LogP contribution in [0.2, 0.25) is 5.02 Å². The minimum Gasteiger partial charge on any atom is -0.310 e. The molecule has 0 aromatic heterocycles. The Morgan fingerprint density at radius 3 is 2.65 bits per heavy atom. The van der Waals surface area contributed by atoms with Gasteiger partial charge in [-0.3, -0.25) is 0 Å². The maximum Gasteiger partial charge on any atom is 0.0406 e. The molecule has 2 heteroatoms. The molecule has 0 saturated heterocycles. The maximum atomic E-state index is 5.96. The summed E-state index contributed by atoms with van der Waals surface area (Å²) in [6, 6.07) is 8.74. The van der Waals surface area contributed by atoms with Crippen LogP contribution in [-0.2, 0) is 0 Å². The van der Waals surface area contributed by atoms with E-state index in [2.05, 4.69) is 31.3 Å². The number of hydrogen-bond donors (Lipinski definition) is 1. The van der Waals surface area contributed by atoms with Crippen LogP contribution in [0.4, 0.5) is 0 Å². The quantitative estimate of drug-likeness (QED) is 0.720. The molecule has 1 aromatic carbocycles. The summed E-state index contributed by atoms with van der Waals surface area (Å²) in [4.78, 5) is 0. The Labute approximate surface area is 129 Å². The van der Waals surface area contributed by atoms with Crippen LogP contribution in [0.3, 0.4) is 0 Å². The van der Waals surface area contributed by atoms with Crippen molar-refractivity contribution >= 4 is 11.6 Å². The van der Waals surface area contributed by atoms with Gasteiger partial charge in [0.25, 0.3) is 0 Å². The number of benzene rings is 1. The van der Waals surface area contributed by atoms with E-state index in [9.17, 15) is 0 Å². The van der Waals surface area contributed by atoms with Crippen molar-refractivity contribution < 1.29 is 0 Å². The van der Waals surface area contributed by atoms with E-state index in [0.29, 0.717) is 6.04 Å². The number of hydrogen-bond acceptors (Lipinski definition) is 1. The van der Waals surface area contributed by atoms with Crippen LogP contribution in [0, 0.1) is 11.8 Å². The highest BCUT2D eigenvalue weighted by Gasteiger charge is 2.18. The van der Waals surface area contributed by atoms with E-state index in [-0.39, 0.29) is 0 Å². The van der Waals surface area contributed by atoms with E-state index in [4.69, 9.17) is 11.6 Å². The Morgan fingerprint density at radius 1 is 1.25 bits per heavy atom. The Morgan fingerprint density at radius 2 is 2.00 bits per heavy atom. The van der Waals surface area contributed by atoms with Gasteiger partial charge >= 0.3 is 0 Å². The van der Waals surface area contributed by atoms with E-state index < -0.39 is 0 Å². The largest absolute Gasteiger partial charge is 0.310 e. The zero-order valence-corrected chi connectivity index (χ0v) is 13.6. The van der Waals surface area contributed by atoms with E-state index in [1.807, 2.05) is 12.1 Å². The van der Waals surface area contributed by atoms with Gasteiger partial charge in [-0.1, -0.05) is 56.8 Å². The third-order valence-corrected chi connectivity index (χ3v) is 4.92. The zero-order valence-electron chi connectivity index (χ0n) is 12.9. The first kappa shape index (κ1) is 15.9. The molecule has 1 fully saturated rings. The molecule has 0 amide bonds. The van der Waals surface area contributed by atoms with Crippen molar-refractivity contribution in [1.29, 1.82) is 0 Å². The van der Waals surface area contributed by atoms with Crippen LogP contribution in [0.1, 0.15) is 64.0 Å². The van der Waals surface area contributed by atoms with Gasteiger partial charge in [0.05, 0.1) is 0 Å². The van der Waals surface area contributed by atoms with Crippen molar-refractivity contribution in [2.24, 2.45) is 11.8 Å². The average Bonchev–Trinajstić information content (AvgIpc) is 2.45. The van der Waals surface area contributed by atoms with Gasteiger partial charge in [-0.05, 0) is 55.3 Å². The van der Waals surface area contributed by atoms with Gasteiger partial charge in [0.15, 0.2) is 0 Å². The fraction of sp³-hybridized carbons (Fsp3) is 0.667. The highest BCUT2D eigenvalue weighted by molar-refractivity contribution is 6.30.